The Labute approximate surface area is 209 Å². The summed E-state index contributed by atoms with van der Waals surface area (Å²) in [4.78, 5) is 26.3. The minimum absolute atomic E-state index is 0.108. The van der Waals surface area contributed by atoms with Crippen LogP contribution < -0.4 is 5.32 Å². The normalized spacial score (nSPS) is 22.4. The van der Waals surface area contributed by atoms with Gasteiger partial charge in [-0.25, -0.2) is 14.0 Å². The van der Waals surface area contributed by atoms with Gasteiger partial charge in [-0.05, 0) is 72.0 Å². The zero-order valence-electron chi connectivity index (χ0n) is 20.1. The van der Waals surface area contributed by atoms with E-state index in [4.69, 9.17) is 4.74 Å². The Morgan fingerprint density at radius 1 is 0.971 bits per heavy atom. The van der Waals surface area contributed by atoms with Crippen LogP contribution in [0.15, 0.2) is 46.1 Å². The first-order valence-electron chi connectivity index (χ1n) is 12.7. The third-order valence-corrected chi connectivity index (χ3v) is 8.95. The zero-order valence-corrected chi connectivity index (χ0v) is 20.9. The predicted octanol–water partition coefficient (Wildman–Crippen LogP) is 6.65. The van der Waals surface area contributed by atoms with Crippen LogP contribution in [0.25, 0.3) is 10.1 Å². The monoisotopic (exact) mass is 497 g/mol. The number of hydrogen-bond acceptors (Lipinski definition) is 5. The van der Waals surface area contributed by atoms with E-state index in [0.29, 0.717) is 16.5 Å². The number of carbonyl (C=O) groups is 2. The second-order valence-corrected chi connectivity index (χ2v) is 10.9. The highest BCUT2D eigenvalue weighted by molar-refractivity contribution is 7.17. The number of allylic oxidation sites excluding steroid dienone is 2. The molecule has 2 N–H and O–H groups in total. The maximum absolute atomic E-state index is 14.3. The maximum atomic E-state index is 14.3. The van der Waals surface area contributed by atoms with Gasteiger partial charge < -0.3 is 15.2 Å². The van der Waals surface area contributed by atoms with E-state index < -0.39 is 17.9 Å². The molecule has 5 nitrogen and oxygen atoms in total. The molecule has 0 saturated heterocycles. The molecule has 186 valence electrons. The van der Waals surface area contributed by atoms with Gasteiger partial charge in [-0.1, -0.05) is 38.5 Å². The fourth-order valence-electron chi connectivity index (χ4n) is 6.29. The number of carboxylic acids is 1. The van der Waals surface area contributed by atoms with Gasteiger partial charge >= 0.3 is 11.9 Å². The number of halogens is 1. The molecule has 0 amide bonds. The summed E-state index contributed by atoms with van der Waals surface area (Å²) in [7, 11) is 1.34. The standard InChI is InChI=1S/C28H32FNO4S/c1-34-28(33)24-22(20-15-35-21-13-12-18(29)14-19(20)21)23(27(31)32)25(16-8-4-2-5-9-16)30-26(24)17-10-6-3-7-11-17/h12-17,22,30H,2-11H2,1H3,(H,31,32). The third-order valence-electron chi connectivity index (χ3n) is 7.97. The highest BCUT2D eigenvalue weighted by Crippen LogP contribution is 2.48. The summed E-state index contributed by atoms with van der Waals surface area (Å²) >= 11 is 1.45. The average molecular weight is 498 g/mol. The van der Waals surface area contributed by atoms with Crippen molar-refractivity contribution in [2.75, 3.05) is 7.11 Å². The van der Waals surface area contributed by atoms with E-state index in [0.717, 1.165) is 73.9 Å². The number of fused-ring (bicyclic) bond motifs is 1. The van der Waals surface area contributed by atoms with Crippen LogP contribution in [-0.4, -0.2) is 24.2 Å². The minimum Gasteiger partial charge on any atom is -0.478 e. The molecular formula is C28H32FNO4S. The summed E-state index contributed by atoms with van der Waals surface area (Å²) in [5.74, 6) is -2.47. The molecule has 2 aliphatic carbocycles. The summed E-state index contributed by atoms with van der Waals surface area (Å²) in [5.41, 5.74) is 2.82. The molecule has 3 aliphatic rings. The Morgan fingerprint density at radius 2 is 1.57 bits per heavy atom. The largest absolute Gasteiger partial charge is 0.478 e. The lowest BCUT2D eigenvalue weighted by Gasteiger charge is -2.39. The molecule has 5 rings (SSSR count). The Kier molecular flexibility index (Phi) is 6.96. The van der Waals surface area contributed by atoms with Crippen LogP contribution in [0.1, 0.15) is 75.7 Å². The van der Waals surface area contributed by atoms with Crippen molar-refractivity contribution < 1.29 is 23.8 Å². The van der Waals surface area contributed by atoms with Crippen molar-refractivity contribution in [3.63, 3.8) is 0 Å². The van der Waals surface area contributed by atoms with E-state index in [-0.39, 0.29) is 23.2 Å². The lowest BCUT2D eigenvalue weighted by molar-refractivity contribution is -0.136. The summed E-state index contributed by atoms with van der Waals surface area (Å²) in [6, 6.07) is 4.59. The number of carbonyl (C=O) groups excluding carboxylic acids is 1. The molecule has 2 fully saturated rings. The Hall–Kier alpha value is -2.67. The smallest absolute Gasteiger partial charge is 0.336 e. The molecule has 2 heterocycles. The first-order chi connectivity index (χ1) is 17.0. The summed E-state index contributed by atoms with van der Waals surface area (Å²) in [6.45, 7) is 0. The molecule has 1 unspecified atom stereocenters. The van der Waals surface area contributed by atoms with Crippen LogP contribution >= 0.6 is 11.3 Å². The third kappa shape index (κ3) is 4.51. The second kappa shape index (κ2) is 10.1. The molecule has 0 bridgehead atoms. The van der Waals surface area contributed by atoms with Crippen LogP contribution in [0, 0.1) is 17.7 Å². The fraction of sp³-hybridized carbons (Fsp3) is 0.500. The van der Waals surface area contributed by atoms with Crippen molar-refractivity contribution >= 4 is 33.4 Å². The van der Waals surface area contributed by atoms with E-state index >= 15 is 0 Å². The SMILES string of the molecule is COC(=O)C1=C(C2CCCCC2)NC(C2CCCCC2)=C(C(=O)O)C1c1csc2ccc(F)cc12. The van der Waals surface area contributed by atoms with E-state index in [1.807, 2.05) is 5.38 Å². The van der Waals surface area contributed by atoms with Gasteiger partial charge in [0.15, 0.2) is 0 Å². The molecule has 1 atom stereocenters. The maximum Gasteiger partial charge on any atom is 0.336 e. The number of carboxylic acid groups (broad SMARTS) is 1. The van der Waals surface area contributed by atoms with E-state index in [9.17, 15) is 19.1 Å². The Morgan fingerprint density at radius 3 is 2.14 bits per heavy atom. The number of rotatable bonds is 5. The molecule has 1 aromatic carbocycles. The topological polar surface area (TPSA) is 75.6 Å². The van der Waals surface area contributed by atoms with Crippen molar-refractivity contribution in [1.82, 2.24) is 5.32 Å². The van der Waals surface area contributed by atoms with Gasteiger partial charge in [0.1, 0.15) is 5.82 Å². The number of methoxy groups -OCH3 is 1. The number of thiophene rings is 1. The zero-order chi connectivity index (χ0) is 24.5. The quantitative estimate of drug-likeness (QED) is 0.452. The summed E-state index contributed by atoms with van der Waals surface area (Å²) < 4.78 is 20.5. The van der Waals surface area contributed by atoms with Gasteiger partial charge in [0.05, 0.1) is 24.2 Å². The van der Waals surface area contributed by atoms with Gasteiger partial charge in [0.25, 0.3) is 0 Å². The predicted molar refractivity (Wildman–Crippen MR) is 135 cm³/mol. The molecule has 0 radical (unpaired) electrons. The number of esters is 1. The molecular weight excluding hydrogens is 465 g/mol. The highest BCUT2D eigenvalue weighted by Gasteiger charge is 2.43. The van der Waals surface area contributed by atoms with E-state index in [1.54, 1.807) is 6.07 Å². The van der Waals surface area contributed by atoms with Crippen LogP contribution in [-0.2, 0) is 14.3 Å². The number of benzene rings is 1. The van der Waals surface area contributed by atoms with Crippen LogP contribution in [0.2, 0.25) is 0 Å². The first-order valence-corrected chi connectivity index (χ1v) is 13.6. The van der Waals surface area contributed by atoms with Crippen LogP contribution in [0.3, 0.4) is 0 Å². The van der Waals surface area contributed by atoms with Gasteiger partial charge in [-0.3, -0.25) is 0 Å². The summed E-state index contributed by atoms with van der Waals surface area (Å²) in [5, 5.41) is 16.7. The van der Waals surface area contributed by atoms with E-state index in [1.165, 1.54) is 37.0 Å². The molecule has 7 heteroatoms. The van der Waals surface area contributed by atoms with Crippen LogP contribution in [0.5, 0.6) is 0 Å². The number of hydrogen-bond donors (Lipinski definition) is 2. The van der Waals surface area contributed by atoms with Gasteiger partial charge in [0, 0.05) is 16.1 Å². The van der Waals surface area contributed by atoms with Gasteiger partial charge in [0.2, 0.25) is 0 Å². The molecule has 2 aromatic rings. The molecule has 1 aliphatic heterocycles. The Bertz CT molecular complexity index is 1200. The van der Waals surface area contributed by atoms with Gasteiger partial charge in [-0.2, -0.15) is 0 Å². The highest BCUT2D eigenvalue weighted by atomic mass is 32.1. The lowest BCUT2D eigenvalue weighted by Crippen LogP contribution is -2.39. The molecule has 35 heavy (non-hydrogen) atoms. The summed E-state index contributed by atoms with van der Waals surface area (Å²) in [6.07, 6.45) is 10.4. The van der Waals surface area contributed by atoms with Crippen molar-refractivity contribution in [1.29, 1.82) is 0 Å². The molecule has 1 aromatic heterocycles. The van der Waals surface area contributed by atoms with Gasteiger partial charge in [-0.15, -0.1) is 11.3 Å². The fourth-order valence-corrected chi connectivity index (χ4v) is 7.26. The molecule has 2 saturated carbocycles. The van der Waals surface area contributed by atoms with Crippen molar-refractivity contribution in [2.45, 2.75) is 70.1 Å². The van der Waals surface area contributed by atoms with Crippen LogP contribution in [0.4, 0.5) is 4.39 Å². The second-order valence-electron chi connectivity index (χ2n) is 10.0. The number of ether oxygens (including phenoxy) is 1. The number of aliphatic carboxylic acids is 1. The minimum atomic E-state index is -1.04. The lowest BCUT2D eigenvalue weighted by atomic mass is 9.72. The van der Waals surface area contributed by atoms with Crippen molar-refractivity contribution in [2.24, 2.45) is 11.8 Å². The number of nitrogens with one attached hydrogen (secondary N) is 1. The van der Waals surface area contributed by atoms with E-state index in [2.05, 4.69) is 5.32 Å². The Balaban J connectivity index is 1.77. The van der Waals surface area contributed by atoms with Crippen molar-refractivity contribution in [3.05, 3.63) is 57.5 Å². The number of dihydropyridines is 1. The average Bonchev–Trinajstić information content (AvgIpc) is 3.30. The van der Waals surface area contributed by atoms with Crippen molar-refractivity contribution in [3.8, 4) is 0 Å². The first kappa shape index (κ1) is 24.0. The molecule has 0 spiro atoms.